The van der Waals surface area contributed by atoms with Crippen molar-refractivity contribution in [3.05, 3.63) is 29.8 Å². The zero-order chi connectivity index (χ0) is 12.0. The van der Waals surface area contributed by atoms with Crippen LogP contribution in [0.5, 0.6) is 5.75 Å². The minimum atomic E-state index is -0.596. The van der Waals surface area contributed by atoms with E-state index in [4.69, 9.17) is 21.1 Å². The lowest BCUT2D eigenvalue weighted by Crippen LogP contribution is -2.07. The minimum absolute atomic E-state index is 0.228. The molecule has 5 heteroatoms. The third-order valence-corrected chi connectivity index (χ3v) is 1.81. The molecule has 0 saturated carbocycles. The maximum atomic E-state index is 11.4. The van der Waals surface area contributed by atoms with Crippen LogP contribution in [0.2, 0.25) is 0 Å². The Bertz CT molecular complexity index is 389. The van der Waals surface area contributed by atoms with Gasteiger partial charge in [0.15, 0.2) is 6.61 Å². The summed E-state index contributed by atoms with van der Waals surface area (Å²) in [6, 6.07) is 6.37. The SMILES string of the molecule is CCOC(=O)c1cccc(OCC(=O)Cl)c1. The Labute approximate surface area is 98.1 Å². The van der Waals surface area contributed by atoms with E-state index in [1.165, 1.54) is 6.07 Å². The average Bonchev–Trinajstić information content (AvgIpc) is 2.27. The van der Waals surface area contributed by atoms with Gasteiger partial charge in [-0.1, -0.05) is 6.07 Å². The van der Waals surface area contributed by atoms with E-state index < -0.39 is 11.2 Å². The van der Waals surface area contributed by atoms with Crippen molar-refractivity contribution < 1.29 is 19.1 Å². The Morgan fingerprint density at radius 1 is 1.38 bits per heavy atom. The smallest absolute Gasteiger partial charge is 0.338 e. The zero-order valence-electron chi connectivity index (χ0n) is 8.73. The standard InChI is InChI=1S/C11H11ClO4/c1-2-15-11(14)8-4-3-5-9(6-8)16-7-10(12)13/h3-6H,2,7H2,1H3. The summed E-state index contributed by atoms with van der Waals surface area (Å²) in [5.74, 6) is -0.0234. The molecule has 0 unspecified atom stereocenters. The molecule has 0 radical (unpaired) electrons. The number of carbonyl (C=O) groups excluding carboxylic acids is 2. The molecule has 0 bridgehead atoms. The molecule has 0 saturated heterocycles. The molecule has 0 aliphatic carbocycles. The molecule has 16 heavy (non-hydrogen) atoms. The maximum Gasteiger partial charge on any atom is 0.338 e. The van der Waals surface area contributed by atoms with Gasteiger partial charge >= 0.3 is 5.97 Å². The summed E-state index contributed by atoms with van der Waals surface area (Å²) in [6.45, 7) is 1.81. The first-order valence-corrected chi connectivity index (χ1v) is 5.09. The van der Waals surface area contributed by atoms with Gasteiger partial charge in [-0.3, -0.25) is 4.79 Å². The topological polar surface area (TPSA) is 52.6 Å². The lowest BCUT2D eigenvalue weighted by Gasteiger charge is -2.05. The summed E-state index contributed by atoms with van der Waals surface area (Å²) in [5.41, 5.74) is 0.376. The Balaban J connectivity index is 2.70. The highest BCUT2D eigenvalue weighted by atomic mass is 35.5. The molecule has 0 aliphatic rings. The molecule has 1 rings (SSSR count). The summed E-state index contributed by atoms with van der Waals surface area (Å²) in [5, 5.41) is -0.596. The molecular formula is C11H11ClO4. The largest absolute Gasteiger partial charge is 0.484 e. The monoisotopic (exact) mass is 242 g/mol. The van der Waals surface area contributed by atoms with Crippen molar-refractivity contribution in [1.29, 1.82) is 0 Å². The summed E-state index contributed by atoms with van der Waals surface area (Å²) in [7, 11) is 0. The molecule has 0 N–H and O–H groups in total. The van der Waals surface area contributed by atoms with Gasteiger partial charge in [0, 0.05) is 0 Å². The second kappa shape index (κ2) is 6.12. The number of halogens is 1. The molecule has 1 aromatic carbocycles. The highest BCUT2D eigenvalue weighted by Crippen LogP contribution is 2.14. The maximum absolute atomic E-state index is 11.4. The number of ether oxygens (including phenoxy) is 2. The Morgan fingerprint density at radius 3 is 2.75 bits per heavy atom. The summed E-state index contributed by atoms with van der Waals surface area (Å²) >= 11 is 5.12. The van der Waals surface area contributed by atoms with Gasteiger partial charge < -0.3 is 9.47 Å². The van der Waals surface area contributed by atoms with Crippen LogP contribution in [0, 0.1) is 0 Å². The normalized spacial score (nSPS) is 9.62. The molecule has 4 nitrogen and oxygen atoms in total. The molecular weight excluding hydrogens is 232 g/mol. The Kier molecular flexibility index (Phi) is 4.79. The fraction of sp³-hybridized carbons (Fsp3) is 0.273. The fourth-order valence-corrected chi connectivity index (χ4v) is 1.12. The molecule has 0 amide bonds. The van der Waals surface area contributed by atoms with Crippen molar-refractivity contribution >= 4 is 22.8 Å². The van der Waals surface area contributed by atoms with Crippen LogP contribution in [0.15, 0.2) is 24.3 Å². The van der Waals surface area contributed by atoms with Crippen molar-refractivity contribution in [1.82, 2.24) is 0 Å². The van der Waals surface area contributed by atoms with Crippen LogP contribution in [0.25, 0.3) is 0 Å². The van der Waals surface area contributed by atoms with E-state index in [2.05, 4.69) is 0 Å². The first-order valence-electron chi connectivity index (χ1n) is 4.71. The molecule has 0 aliphatic heterocycles. The third-order valence-electron chi connectivity index (χ3n) is 1.70. The number of rotatable bonds is 5. The van der Waals surface area contributed by atoms with E-state index in [1.54, 1.807) is 25.1 Å². The number of hydrogen-bond acceptors (Lipinski definition) is 4. The highest BCUT2D eigenvalue weighted by Gasteiger charge is 2.07. The van der Waals surface area contributed by atoms with Crippen molar-refractivity contribution in [2.24, 2.45) is 0 Å². The van der Waals surface area contributed by atoms with Crippen molar-refractivity contribution in [2.45, 2.75) is 6.92 Å². The van der Waals surface area contributed by atoms with Crippen molar-refractivity contribution in [3.63, 3.8) is 0 Å². The second-order valence-corrected chi connectivity index (χ2v) is 3.31. The Morgan fingerprint density at radius 2 is 2.12 bits per heavy atom. The van der Waals surface area contributed by atoms with E-state index in [9.17, 15) is 9.59 Å². The molecule has 0 spiro atoms. The van der Waals surface area contributed by atoms with Crippen LogP contribution in [-0.4, -0.2) is 24.4 Å². The van der Waals surface area contributed by atoms with E-state index in [1.807, 2.05) is 0 Å². The molecule has 0 heterocycles. The Hall–Kier alpha value is -1.55. The second-order valence-electron chi connectivity index (χ2n) is 2.89. The molecule has 0 fully saturated rings. The van der Waals surface area contributed by atoms with Crippen molar-refractivity contribution in [3.8, 4) is 5.75 Å². The predicted molar refractivity (Wildman–Crippen MR) is 58.8 cm³/mol. The quantitative estimate of drug-likeness (QED) is 0.585. The van der Waals surface area contributed by atoms with E-state index in [0.29, 0.717) is 17.9 Å². The van der Waals surface area contributed by atoms with Gasteiger partial charge in [-0.25, -0.2) is 4.79 Å². The van der Waals surface area contributed by atoms with Crippen LogP contribution in [0.3, 0.4) is 0 Å². The van der Waals surface area contributed by atoms with E-state index >= 15 is 0 Å². The summed E-state index contributed by atoms with van der Waals surface area (Å²) < 4.78 is 9.87. The number of hydrogen-bond donors (Lipinski definition) is 0. The predicted octanol–water partition coefficient (Wildman–Crippen LogP) is 2.01. The highest BCUT2D eigenvalue weighted by molar-refractivity contribution is 6.63. The van der Waals surface area contributed by atoms with Crippen LogP contribution >= 0.6 is 11.6 Å². The minimum Gasteiger partial charge on any atom is -0.484 e. The fourth-order valence-electron chi connectivity index (χ4n) is 1.07. The van der Waals surface area contributed by atoms with Gasteiger partial charge in [-0.15, -0.1) is 0 Å². The van der Waals surface area contributed by atoms with Gasteiger partial charge in [0.2, 0.25) is 0 Å². The van der Waals surface area contributed by atoms with Gasteiger partial charge in [0.1, 0.15) is 5.75 Å². The molecule has 86 valence electrons. The third kappa shape index (κ3) is 3.90. The number of carbonyl (C=O) groups is 2. The first kappa shape index (κ1) is 12.5. The van der Waals surface area contributed by atoms with Crippen LogP contribution in [0.4, 0.5) is 0 Å². The molecule has 1 aromatic rings. The number of esters is 1. The molecule has 0 atom stereocenters. The number of benzene rings is 1. The lowest BCUT2D eigenvalue weighted by atomic mass is 10.2. The van der Waals surface area contributed by atoms with Crippen LogP contribution in [-0.2, 0) is 9.53 Å². The summed E-state index contributed by atoms with van der Waals surface area (Å²) in [6.07, 6.45) is 0. The van der Waals surface area contributed by atoms with E-state index in [0.717, 1.165) is 0 Å². The van der Waals surface area contributed by atoms with Gasteiger partial charge in [-0.2, -0.15) is 0 Å². The van der Waals surface area contributed by atoms with Gasteiger partial charge in [-0.05, 0) is 36.7 Å². The lowest BCUT2D eigenvalue weighted by molar-refractivity contribution is -0.113. The van der Waals surface area contributed by atoms with Crippen LogP contribution < -0.4 is 4.74 Å². The summed E-state index contributed by atoms with van der Waals surface area (Å²) in [4.78, 5) is 21.9. The van der Waals surface area contributed by atoms with Crippen LogP contribution in [0.1, 0.15) is 17.3 Å². The molecule has 0 aromatic heterocycles. The van der Waals surface area contributed by atoms with Crippen molar-refractivity contribution in [2.75, 3.05) is 13.2 Å². The van der Waals surface area contributed by atoms with E-state index in [-0.39, 0.29) is 6.61 Å². The zero-order valence-corrected chi connectivity index (χ0v) is 9.49. The van der Waals surface area contributed by atoms with Gasteiger partial charge in [0.05, 0.1) is 12.2 Å². The van der Waals surface area contributed by atoms with Gasteiger partial charge in [0.25, 0.3) is 5.24 Å². The first-order chi connectivity index (χ1) is 7.63. The average molecular weight is 243 g/mol.